The van der Waals surface area contributed by atoms with Crippen LogP contribution in [0.15, 0.2) is 68.5 Å². The maximum absolute atomic E-state index is 13.0. The highest BCUT2D eigenvalue weighted by molar-refractivity contribution is 7.99. The minimum atomic E-state index is -2.89. The molecule has 32 heavy (non-hydrogen) atoms. The molecule has 1 amide bonds. The minimum absolute atomic E-state index is 0.0390. The van der Waals surface area contributed by atoms with Crippen molar-refractivity contribution in [3.8, 4) is 17.2 Å². The van der Waals surface area contributed by atoms with Crippen molar-refractivity contribution in [1.82, 2.24) is 15.1 Å². The van der Waals surface area contributed by atoms with E-state index in [9.17, 15) is 13.6 Å². The molecule has 0 spiro atoms. The largest absolute Gasteiger partial charge is 0.467 e. The van der Waals surface area contributed by atoms with Crippen LogP contribution in [-0.4, -0.2) is 33.4 Å². The zero-order valence-corrected chi connectivity index (χ0v) is 17.9. The van der Waals surface area contributed by atoms with Gasteiger partial charge < -0.3 is 18.5 Å². The number of carbonyl (C=O) groups excluding carboxylic acids is 1. The second-order valence-electron chi connectivity index (χ2n) is 7.07. The molecule has 0 saturated heterocycles. The smallest absolute Gasteiger partial charge is 0.387 e. The van der Waals surface area contributed by atoms with Gasteiger partial charge in [-0.3, -0.25) is 4.79 Å². The summed E-state index contributed by atoms with van der Waals surface area (Å²) in [5.41, 5.74) is 1.57. The average Bonchev–Trinajstić information content (AvgIpc) is 3.49. The molecule has 0 atom stereocenters. The van der Waals surface area contributed by atoms with Crippen LogP contribution in [0.1, 0.15) is 31.4 Å². The van der Waals surface area contributed by atoms with Crippen LogP contribution in [0, 0.1) is 0 Å². The Morgan fingerprint density at radius 1 is 1.19 bits per heavy atom. The topological polar surface area (TPSA) is 81.6 Å². The Hall–Kier alpha value is -3.14. The Balaban J connectivity index is 1.39. The monoisotopic (exact) mass is 461 g/mol. The molecule has 0 bridgehead atoms. The molecule has 168 valence electrons. The number of aromatic nitrogens is 2. The SMILES string of the molecule is O=C(CSc1nnc(-c2ccc(OC(F)F)cc2)o1)N(Cc1ccco1)C1=CCCCC1. The van der Waals surface area contributed by atoms with E-state index in [1.807, 2.05) is 6.07 Å². The molecule has 0 aliphatic heterocycles. The molecule has 3 aromatic rings. The zero-order chi connectivity index (χ0) is 22.3. The quantitative estimate of drug-likeness (QED) is 0.389. The van der Waals surface area contributed by atoms with Gasteiger partial charge in [0.1, 0.15) is 11.5 Å². The van der Waals surface area contributed by atoms with Crippen LogP contribution in [0.25, 0.3) is 11.5 Å². The second kappa shape index (κ2) is 10.4. The van der Waals surface area contributed by atoms with Gasteiger partial charge in [0.2, 0.25) is 11.8 Å². The van der Waals surface area contributed by atoms with Crippen molar-refractivity contribution in [2.75, 3.05) is 5.75 Å². The highest BCUT2D eigenvalue weighted by Gasteiger charge is 2.22. The molecule has 0 radical (unpaired) electrons. The van der Waals surface area contributed by atoms with Crippen LogP contribution in [0.4, 0.5) is 8.78 Å². The summed E-state index contributed by atoms with van der Waals surface area (Å²) in [6.45, 7) is -2.51. The fourth-order valence-corrected chi connectivity index (χ4v) is 3.98. The van der Waals surface area contributed by atoms with Gasteiger partial charge in [-0.05, 0) is 62.1 Å². The Morgan fingerprint density at radius 3 is 2.72 bits per heavy atom. The third kappa shape index (κ3) is 5.76. The standard InChI is InChI=1S/C22H21F2N3O4S/c23-21(24)30-17-10-8-15(9-11-17)20-25-26-22(31-20)32-14-19(28)27(13-18-7-4-12-29-18)16-5-2-1-3-6-16/h4-5,7-12,21H,1-3,6,13-14H2. The fraction of sp³-hybridized carbons (Fsp3) is 0.318. The number of nitrogens with zero attached hydrogens (tertiary/aromatic N) is 3. The van der Waals surface area contributed by atoms with Gasteiger partial charge in [0.25, 0.3) is 5.22 Å². The van der Waals surface area contributed by atoms with Crippen LogP contribution in [0.3, 0.4) is 0 Å². The van der Waals surface area contributed by atoms with Crippen LogP contribution in [0.2, 0.25) is 0 Å². The lowest BCUT2D eigenvalue weighted by molar-refractivity contribution is -0.127. The Labute approximate surface area is 187 Å². The summed E-state index contributed by atoms with van der Waals surface area (Å²) in [5, 5.41) is 8.19. The number of carbonyl (C=O) groups is 1. The molecule has 1 aliphatic rings. The lowest BCUT2D eigenvalue weighted by Gasteiger charge is -2.26. The van der Waals surface area contributed by atoms with Crippen LogP contribution >= 0.6 is 11.8 Å². The number of alkyl halides is 2. The number of thioether (sulfide) groups is 1. The van der Waals surface area contributed by atoms with Crippen molar-refractivity contribution in [3.05, 3.63) is 60.2 Å². The van der Waals surface area contributed by atoms with Crippen molar-refractivity contribution in [2.45, 2.75) is 44.1 Å². The van der Waals surface area contributed by atoms with Gasteiger partial charge >= 0.3 is 6.61 Å². The van der Waals surface area contributed by atoms with E-state index in [0.29, 0.717) is 17.9 Å². The van der Waals surface area contributed by atoms with Gasteiger partial charge in [-0.1, -0.05) is 17.8 Å². The van der Waals surface area contributed by atoms with Gasteiger partial charge in [-0.15, -0.1) is 10.2 Å². The lowest BCUT2D eigenvalue weighted by atomic mass is 10.0. The first-order valence-electron chi connectivity index (χ1n) is 10.1. The van der Waals surface area contributed by atoms with Gasteiger partial charge in [0.05, 0.1) is 18.6 Å². The molecule has 1 aromatic carbocycles. The lowest BCUT2D eigenvalue weighted by Crippen LogP contribution is -2.32. The predicted molar refractivity (Wildman–Crippen MR) is 113 cm³/mol. The van der Waals surface area contributed by atoms with Crippen molar-refractivity contribution < 1.29 is 27.1 Å². The van der Waals surface area contributed by atoms with Gasteiger partial charge in [-0.25, -0.2) is 0 Å². The fourth-order valence-electron chi connectivity index (χ4n) is 3.34. The Bertz CT molecular complexity index is 1050. The number of furan rings is 1. The Kier molecular flexibility index (Phi) is 7.21. The van der Waals surface area contributed by atoms with E-state index in [4.69, 9.17) is 8.83 Å². The number of hydrogen-bond acceptors (Lipinski definition) is 7. The molecule has 2 aromatic heterocycles. The van der Waals surface area contributed by atoms with Crippen molar-refractivity contribution >= 4 is 17.7 Å². The average molecular weight is 461 g/mol. The first-order valence-corrected chi connectivity index (χ1v) is 11.1. The summed E-state index contributed by atoms with van der Waals surface area (Å²) in [6, 6.07) is 9.53. The molecule has 2 heterocycles. The first-order chi connectivity index (χ1) is 15.6. The van der Waals surface area contributed by atoms with Crippen molar-refractivity contribution in [1.29, 1.82) is 0 Å². The Morgan fingerprint density at radius 2 is 2.03 bits per heavy atom. The summed E-state index contributed by atoms with van der Waals surface area (Å²) in [5.74, 6) is 1.03. The van der Waals surface area contributed by atoms with E-state index >= 15 is 0 Å². The molecule has 4 rings (SSSR count). The molecule has 10 heteroatoms. The molecular formula is C22H21F2N3O4S. The molecular weight excluding hydrogens is 440 g/mol. The summed E-state index contributed by atoms with van der Waals surface area (Å²) >= 11 is 1.15. The maximum Gasteiger partial charge on any atom is 0.387 e. The van der Waals surface area contributed by atoms with E-state index in [1.165, 1.54) is 12.1 Å². The number of rotatable bonds is 9. The van der Waals surface area contributed by atoms with E-state index in [0.717, 1.165) is 43.1 Å². The highest BCUT2D eigenvalue weighted by Crippen LogP contribution is 2.28. The molecule has 7 nitrogen and oxygen atoms in total. The summed E-state index contributed by atoms with van der Waals surface area (Å²) < 4.78 is 39.9. The maximum atomic E-state index is 13.0. The molecule has 0 unspecified atom stereocenters. The number of hydrogen-bond donors (Lipinski definition) is 0. The molecule has 0 fully saturated rings. The number of benzene rings is 1. The van der Waals surface area contributed by atoms with Crippen LogP contribution < -0.4 is 4.74 Å². The first kappa shape index (κ1) is 22.1. The normalized spacial score (nSPS) is 13.8. The number of amides is 1. The third-order valence-electron chi connectivity index (χ3n) is 4.86. The van der Waals surface area contributed by atoms with Crippen LogP contribution in [0.5, 0.6) is 5.75 Å². The van der Waals surface area contributed by atoms with Gasteiger partial charge in [0, 0.05) is 11.3 Å². The van der Waals surface area contributed by atoms with E-state index in [2.05, 4.69) is 21.0 Å². The summed E-state index contributed by atoms with van der Waals surface area (Å²) in [4.78, 5) is 14.8. The third-order valence-corrected chi connectivity index (χ3v) is 5.66. The second-order valence-corrected chi connectivity index (χ2v) is 7.99. The number of halogens is 2. The predicted octanol–water partition coefficient (Wildman–Crippen LogP) is 5.51. The highest BCUT2D eigenvalue weighted by atomic mass is 32.2. The van der Waals surface area contributed by atoms with Crippen molar-refractivity contribution in [2.24, 2.45) is 0 Å². The van der Waals surface area contributed by atoms with Crippen LogP contribution in [-0.2, 0) is 11.3 Å². The summed E-state index contributed by atoms with van der Waals surface area (Å²) in [7, 11) is 0. The van der Waals surface area contributed by atoms with Gasteiger partial charge in [-0.2, -0.15) is 8.78 Å². The zero-order valence-electron chi connectivity index (χ0n) is 17.1. The minimum Gasteiger partial charge on any atom is -0.467 e. The number of ether oxygens (including phenoxy) is 1. The van der Waals surface area contributed by atoms with E-state index in [-0.39, 0.29) is 28.5 Å². The van der Waals surface area contributed by atoms with Crippen molar-refractivity contribution in [3.63, 3.8) is 0 Å². The van der Waals surface area contributed by atoms with E-state index < -0.39 is 6.61 Å². The molecule has 0 saturated carbocycles. The summed E-state index contributed by atoms with van der Waals surface area (Å²) in [6.07, 6.45) is 7.69. The number of allylic oxidation sites excluding steroid dienone is 2. The van der Waals surface area contributed by atoms with E-state index in [1.54, 1.807) is 29.4 Å². The molecule has 0 N–H and O–H groups in total. The van der Waals surface area contributed by atoms with Gasteiger partial charge in [0.15, 0.2) is 0 Å². The molecule has 1 aliphatic carbocycles.